The molecule has 4 nitrogen and oxygen atoms in total. The van der Waals surface area contributed by atoms with Crippen molar-refractivity contribution < 1.29 is 14.6 Å². The van der Waals surface area contributed by atoms with Crippen molar-refractivity contribution in [1.82, 2.24) is 5.32 Å². The lowest BCUT2D eigenvalue weighted by Gasteiger charge is -2.28. The summed E-state index contributed by atoms with van der Waals surface area (Å²) in [6, 6.07) is 0.283. The van der Waals surface area contributed by atoms with Crippen LogP contribution >= 0.6 is 0 Å². The van der Waals surface area contributed by atoms with Gasteiger partial charge in [0.25, 0.3) is 0 Å². The van der Waals surface area contributed by atoms with Gasteiger partial charge in [-0.1, -0.05) is 20.8 Å². The van der Waals surface area contributed by atoms with E-state index in [0.29, 0.717) is 31.8 Å². The first-order chi connectivity index (χ1) is 9.52. The Balaban J connectivity index is 2.14. The van der Waals surface area contributed by atoms with E-state index in [1.54, 1.807) is 7.11 Å². The first kappa shape index (κ1) is 17.9. The number of hydrogen-bond acceptors (Lipinski definition) is 4. The van der Waals surface area contributed by atoms with E-state index in [1.807, 2.05) is 0 Å². The molecule has 1 aliphatic carbocycles. The Morgan fingerprint density at radius 3 is 2.35 bits per heavy atom. The van der Waals surface area contributed by atoms with Crippen molar-refractivity contribution in [3.05, 3.63) is 0 Å². The van der Waals surface area contributed by atoms with Gasteiger partial charge in [-0.3, -0.25) is 0 Å². The molecule has 0 aromatic carbocycles. The van der Waals surface area contributed by atoms with Crippen LogP contribution in [0.2, 0.25) is 0 Å². The van der Waals surface area contributed by atoms with E-state index in [9.17, 15) is 5.11 Å². The second-order valence-corrected chi connectivity index (χ2v) is 6.58. The number of methoxy groups -OCH3 is 1. The van der Waals surface area contributed by atoms with Crippen LogP contribution in [-0.2, 0) is 9.47 Å². The molecule has 1 fully saturated rings. The minimum atomic E-state index is -0.438. The summed E-state index contributed by atoms with van der Waals surface area (Å²) in [5.41, 5.74) is 0. The maximum Gasteiger partial charge on any atom is 0.0897 e. The topological polar surface area (TPSA) is 50.7 Å². The number of nitrogens with one attached hydrogen (secondary N) is 1. The van der Waals surface area contributed by atoms with E-state index in [2.05, 4.69) is 26.1 Å². The summed E-state index contributed by atoms with van der Waals surface area (Å²) in [5.74, 6) is 1.32. The Morgan fingerprint density at radius 1 is 1.15 bits per heavy atom. The molecule has 4 heteroatoms. The molecule has 2 N–H and O–H groups in total. The zero-order valence-corrected chi connectivity index (χ0v) is 13.6. The largest absolute Gasteiger partial charge is 0.389 e. The molecule has 120 valence electrons. The number of ether oxygens (including phenoxy) is 2. The molecule has 1 saturated carbocycles. The van der Waals surface area contributed by atoms with Gasteiger partial charge in [0.05, 0.1) is 25.4 Å². The number of hydrogen-bond donors (Lipinski definition) is 2. The van der Waals surface area contributed by atoms with E-state index in [1.165, 1.54) is 12.8 Å². The number of rotatable bonds is 9. The number of aliphatic hydroxyl groups is 1. The molecular formula is C16H33NO3. The summed E-state index contributed by atoms with van der Waals surface area (Å²) >= 11 is 0. The highest BCUT2D eigenvalue weighted by atomic mass is 16.5. The lowest BCUT2D eigenvalue weighted by atomic mass is 9.89. The van der Waals surface area contributed by atoms with Crippen LogP contribution in [0.3, 0.4) is 0 Å². The van der Waals surface area contributed by atoms with Crippen molar-refractivity contribution in [2.24, 2.45) is 11.8 Å². The Kier molecular flexibility index (Phi) is 8.69. The third-order valence-electron chi connectivity index (χ3n) is 4.25. The summed E-state index contributed by atoms with van der Waals surface area (Å²) in [6.45, 7) is 8.29. The van der Waals surface area contributed by atoms with E-state index < -0.39 is 6.10 Å². The third-order valence-corrected chi connectivity index (χ3v) is 4.25. The summed E-state index contributed by atoms with van der Waals surface area (Å²) in [7, 11) is 1.71. The molecule has 0 bridgehead atoms. The predicted molar refractivity (Wildman–Crippen MR) is 81.9 cm³/mol. The Hall–Kier alpha value is -0.160. The zero-order chi connectivity index (χ0) is 15.0. The molecule has 2 unspecified atom stereocenters. The molecule has 1 rings (SSSR count). The highest BCUT2D eigenvalue weighted by Crippen LogP contribution is 2.25. The smallest absolute Gasteiger partial charge is 0.0897 e. The van der Waals surface area contributed by atoms with Gasteiger partial charge in [-0.25, -0.2) is 0 Å². The fourth-order valence-electron chi connectivity index (χ4n) is 2.66. The molecule has 20 heavy (non-hydrogen) atoms. The van der Waals surface area contributed by atoms with Gasteiger partial charge in [0, 0.05) is 19.7 Å². The van der Waals surface area contributed by atoms with Gasteiger partial charge >= 0.3 is 0 Å². The lowest BCUT2D eigenvalue weighted by molar-refractivity contribution is -0.0293. The van der Waals surface area contributed by atoms with Crippen LogP contribution in [0.15, 0.2) is 0 Å². The summed E-state index contributed by atoms with van der Waals surface area (Å²) in [4.78, 5) is 0. The normalized spacial score (nSPS) is 26.7. The lowest BCUT2D eigenvalue weighted by Crippen LogP contribution is -2.43. The van der Waals surface area contributed by atoms with E-state index in [4.69, 9.17) is 9.47 Å². The zero-order valence-electron chi connectivity index (χ0n) is 13.6. The molecule has 0 aromatic rings. The van der Waals surface area contributed by atoms with Crippen LogP contribution in [0.5, 0.6) is 0 Å². The molecule has 0 aliphatic heterocycles. The van der Waals surface area contributed by atoms with Crippen molar-refractivity contribution in [3.63, 3.8) is 0 Å². The van der Waals surface area contributed by atoms with Crippen LogP contribution in [-0.4, -0.2) is 50.2 Å². The average molecular weight is 287 g/mol. The highest BCUT2D eigenvalue weighted by molar-refractivity contribution is 4.74. The Morgan fingerprint density at radius 2 is 1.80 bits per heavy atom. The van der Waals surface area contributed by atoms with E-state index in [-0.39, 0.29) is 6.04 Å². The average Bonchev–Trinajstić information content (AvgIpc) is 2.42. The van der Waals surface area contributed by atoms with Crippen molar-refractivity contribution in [3.8, 4) is 0 Å². The van der Waals surface area contributed by atoms with E-state index in [0.717, 1.165) is 18.8 Å². The van der Waals surface area contributed by atoms with Gasteiger partial charge < -0.3 is 19.9 Å². The number of aliphatic hydroxyl groups excluding tert-OH is 1. The van der Waals surface area contributed by atoms with Crippen molar-refractivity contribution >= 4 is 0 Å². The second kappa shape index (κ2) is 9.72. The Bertz CT molecular complexity index is 240. The van der Waals surface area contributed by atoms with Gasteiger partial charge in [0.15, 0.2) is 0 Å². The monoisotopic (exact) mass is 287 g/mol. The SMILES string of the molecule is COCC(NCC(O)COC1CCC(C)CC1)C(C)C. The standard InChI is InChI=1S/C16H33NO3/c1-12(2)16(11-19-4)17-9-14(18)10-20-15-7-5-13(3)6-8-15/h12-18H,5-11H2,1-4H3. The van der Waals surface area contributed by atoms with Crippen molar-refractivity contribution in [2.45, 2.75) is 64.7 Å². The summed E-state index contributed by atoms with van der Waals surface area (Å²) in [5, 5.41) is 13.4. The second-order valence-electron chi connectivity index (χ2n) is 6.58. The van der Waals surface area contributed by atoms with E-state index >= 15 is 0 Å². The highest BCUT2D eigenvalue weighted by Gasteiger charge is 2.20. The van der Waals surface area contributed by atoms with Gasteiger partial charge in [0.1, 0.15) is 0 Å². The molecule has 0 amide bonds. The fraction of sp³-hybridized carbons (Fsp3) is 1.00. The molecule has 1 aliphatic rings. The summed E-state index contributed by atoms with van der Waals surface area (Å²) in [6.07, 6.45) is 4.69. The maximum absolute atomic E-state index is 10.0. The van der Waals surface area contributed by atoms with Gasteiger partial charge in [-0.05, 0) is 37.5 Å². The molecule has 0 aromatic heterocycles. The molecule has 0 spiro atoms. The first-order valence-corrected chi connectivity index (χ1v) is 8.04. The Labute approximate surface area is 124 Å². The van der Waals surface area contributed by atoms with Gasteiger partial charge in [-0.2, -0.15) is 0 Å². The molecule has 0 saturated heterocycles. The molecular weight excluding hydrogens is 254 g/mol. The quantitative estimate of drug-likeness (QED) is 0.682. The maximum atomic E-state index is 10.0. The minimum Gasteiger partial charge on any atom is -0.389 e. The van der Waals surface area contributed by atoms with Crippen LogP contribution in [0, 0.1) is 11.8 Å². The van der Waals surface area contributed by atoms with Crippen LogP contribution in [0.1, 0.15) is 46.5 Å². The van der Waals surface area contributed by atoms with Gasteiger partial charge in [-0.15, -0.1) is 0 Å². The first-order valence-electron chi connectivity index (χ1n) is 8.04. The van der Waals surface area contributed by atoms with Crippen molar-refractivity contribution in [1.29, 1.82) is 0 Å². The molecule has 0 heterocycles. The minimum absolute atomic E-state index is 0.283. The van der Waals surface area contributed by atoms with Crippen LogP contribution in [0.25, 0.3) is 0 Å². The fourth-order valence-corrected chi connectivity index (χ4v) is 2.66. The van der Waals surface area contributed by atoms with Crippen LogP contribution < -0.4 is 5.32 Å². The molecule has 2 atom stereocenters. The van der Waals surface area contributed by atoms with Gasteiger partial charge in [0.2, 0.25) is 0 Å². The van der Waals surface area contributed by atoms with Crippen molar-refractivity contribution in [2.75, 3.05) is 26.9 Å². The third kappa shape index (κ3) is 7.02. The van der Waals surface area contributed by atoms with Crippen LogP contribution in [0.4, 0.5) is 0 Å². The predicted octanol–water partition coefficient (Wildman–Crippen LogP) is 2.20. The molecule has 0 radical (unpaired) electrons. The summed E-state index contributed by atoms with van der Waals surface area (Å²) < 4.78 is 11.0.